The van der Waals surface area contributed by atoms with Gasteiger partial charge < -0.3 is 14.5 Å². The summed E-state index contributed by atoms with van der Waals surface area (Å²) < 4.78 is 5.50. The highest BCUT2D eigenvalue weighted by atomic mass is 32.2. The molecule has 1 atom stereocenters. The molecular formula is C21H31N3O3S. The van der Waals surface area contributed by atoms with Crippen LogP contribution in [0.1, 0.15) is 31.2 Å². The van der Waals surface area contributed by atoms with Gasteiger partial charge in [-0.3, -0.25) is 14.5 Å². The Balaban J connectivity index is 1.54. The predicted molar refractivity (Wildman–Crippen MR) is 112 cm³/mol. The zero-order valence-corrected chi connectivity index (χ0v) is 17.9. The van der Waals surface area contributed by atoms with Gasteiger partial charge in [0.1, 0.15) is 11.1 Å². The summed E-state index contributed by atoms with van der Waals surface area (Å²) in [5.41, 5.74) is 1.06. The van der Waals surface area contributed by atoms with Gasteiger partial charge in [-0.05, 0) is 12.0 Å². The van der Waals surface area contributed by atoms with E-state index in [4.69, 9.17) is 4.74 Å². The Morgan fingerprint density at radius 2 is 1.89 bits per heavy atom. The molecule has 0 saturated carbocycles. The molecule has 2 aliphatic heterocycles. The third kappa shape index (κ3) is 5.00. The number of ether oxygens (including phenoxy) is 1. The Hall–Kier alpha value is -1.73. The highest BCUT2D eigenvalue weighted by Crippen LogP contribution is 2.42. The molecule has 0 bridgehead atoms. The number of piperazine rings is 1. The van der Waals surface area contributed by atoms with Gasteiger partial charge in [-0.1, -0.05) is 32.0 Å². The molecule has 2 amide bonds. The van der Waals surface area contributed by atoms with Crippen molar-refractivity contribution in [1.82, 2.24) is 14.7 Å². The van der Waals surface area contributed by atoms with E-state index in [1.165, 1.54) is 0 Å². The van der Waals surface area contributed by atoms with E-state index in [1.54, 1.807) is 18.9 Å². The molecule has 2 fully saturated rings. The van der Waals surface area contributed by atoms with E-state index in [0.717, 1.165) is 44.0 Å². The second-order valence-electron chi connectivity index (χ2n) is 7.81. The van der Waals surface area contributed by atoms with Crippen molar-refractivity contribution in [2.45, 2.75) is 25.6 Å². The third-order valence-corrected chi connectivity index (χ3v) is 6.58. The molecule has 7 heteroatoms. The van der Waals surface area contributed by atoms with Gasteiger partial charge in [0.25, 0.3) is 0 Å². The molecule has 1 unspecified atom stereocenters. The molecule has 0 aromatic heterocycles. The van der Waals surface area contributed by atoms with E-state index in [2.05, 4.69) is 18.7 Å². The van der Waals surface area contributed by atoms with Crippen LogP contribution in [0.2, 0.25) is 0 Å². The topological polar surface area (TPSA) is 53.1 Å². The molecule has 0 spiro atoms. The Morgan fingerprint density at radius 1 is 1.18 bits per heavy atom. The van der Waals surface area contributed by atoms with Gasteiger partial charge in [0.15, 0.2) is 0 Å². The number of thioether (sulfide) groups is 1. The van der Waals surface area contributed by atoms with Crippen molar-refractivity contribution >= 4 is 23.6 Å². The quantitative estimate of drug-likeness (QED) is 0.698. The predicted octanol–water partition coefficient (Wildman–Crippen LogP) is 2.46. The number of methoxy groups -OCH3 is 1. The summed E-state index contributed by atoms with van der Waals surface area (Å²) in [6.07, 6.45) is 0.625. The van der Waals surface area contributed by atoms with Crippen LogP contribution in [0.5, 0.6) is 5.75 Å². The number of para-hydroxylation sites is 1. The van der Waals surface area contributed by atoms with Crippen molar-refractivity contribution < 1.29 is 14.3 Å². The molecule has 6 nitrogen and oxygen atoms in total. The summed E-state index contributed by atoms with van der Waals surface area (Å²) in [7, 11) is 1.67. The lowest BCUT2D eigenvalue weighted by atomic mass is 10.1. The second kappa shape index (κ2) is 9.65. The van der Waals surface area contributed by atoms with Crippen molar-refractivity contribution in [1.29, 1.82) is 0 Å². The monoisotopic (exact) mass is 405 g/mol. The van der Waals surface area contributed by atoms with Crippen LogP contribution in [0.15, 0.2) is 24.3 Å². The second-order valence-corrected chi connectivity index (χ2v) is 8.88. The van der Waals surface area contributed by atoms with Crippen LogP contribution in [0, 0.1) is 5.92 Å². The smallest absolute Gasteiger partial charge is 0.233 e. The van der Waals surface area contributed by atoms with Crippen molar-refractivity contribution in [3.63, 3.8) is 0 Å². The lowest BCUT2D eigenvalue weighted by molar-refractivity contribution is -0.133. The first kappa shape index (κ1) is 21.0. The van der Waals surface area contributed by atoms with Crippen LogP contribution in [-0.4, -0.2) is 78.6 Å². The number of hydrogen-bond acceptors (Lipinski definition) is 5. The maximum Gasteiger partial charge on any atom is 0.233 e. The first-order chi connectivity index (χ1) is 13.5. The number of carbonyl (C=O) groups is 2. The molecule has 0 aliphatic carbocycles. The van der Waals surface area contributed by atoms with Crippen molar-refractivity contribution in [2.75, 3.05) is 52.1 Å². The largest absolute Gasteiger partial charge is 0.496 e. The Morgan fingerprint density at radius 3 is 2.57 bits per heavy atom. The average molecular weight is 406 g/mol. The minimum absolute atomic E-state index is 0.0116. The summed E-state index contributed by atoms with van der Waals surface area (Å²) in [5.74, 6) is 2.19. The molecule has 154 valence electrons. The normalized spacial score (nSPS) is 20.9. The van der Waals surface area contributed by atoms with Gasteiger partial charge in [0.2, 0.25) is 11.8 Å². The number of benzene rings is 1. The summed E-state index contributed by atoms with van der Waals surface area (Å²) in [6, 6.07) is 7.94. The van der Waals surface area contributed by atoms with Gasteiger partial charge in [0, 0.05) is 51.3 Å². The number of carbonyl (C=O) groups excluding carboxylic acids is 2. The van der Waals surface area contributed by atoms with Crippen molar-refractivity contribution in [3.05, 3.63) is 29.8 Å². The zero-order valence-electron chi connectivity index (χ0n) is 17.1. The van der Waals surface area contributed by atoms with Crippen molar-refractivity contribution in [2.24, 2.45) is 5.92 Å². The first-order valence-corrected chi connectivity index (χ1v) is 11.1. The molecule has 1 aromatic rings. The highest BCUT2D eigenvalue weighted by Gasteiger charge is 2.34. The maximum atomic E-state index is 12.5. The molecule has 2 saturated heterocycles. The molecule has 28 heavy (non-hydrogen) atoms. The molecule has 1 aromatic carbocycles. The van der Waals surface area contributed by atoms with Crippen LogP contribution in [0.3, 0.4) is 0 Å². The fraction of sp³-hybridized carbons (Fsp3) is 0.619. The number of amides is 2. The standard InChI is InChI=1S/C21H31N3O3S/c1-16(2)14-19(25)23-11-8-22(9-12-23)10-13-24-20(26)15-28-21(24)17-6-4-5-7-18(17)27-3/h4-7,16,21H,8-15H2,1-3H3. The van der Waals surface area contributed by atoms with E-state index in [0.29, 0.717) is 24.6 Å². The minimum Gasteiger partial charge on any atom is -0.496 e. The minimum atomic E-state index is 0.0116. The molecule has 0 N–H and O–H groups in total. The van der Waals surface area contributed by atoms with Gasteiger partial charge >= 0.3 is 0 Å². The van der Waals surface area contributed by atoms with E-state index in [9.17, 15) is 9.59 Å². The van der Waals surface area contributed by atoms with Crippen molar-refractivity contribution in [3.8, 4) is 5.75 Å². The Kier molecular flexibility index (Phi) is 7.24. The number of hydrogen-bond donors (Lipinski definition) is 0. The third-order valence-electron chi connectivity index (χ3n) is 5.34. The van der Waals surface area contributed by atoms with Crippen LogP contribution in [0.25, 0.3) is 0 Å². The summed E-state index contributed by atoms with van der Waals surface area (Å²) in [4.78, 5) is 31.0. The first-order valence-electron chi connectivity index (χ1n) is 10.0. The van der Waals surface area contributed by atoms with Crippen LogP contribution >= 0.6 is 11.8 Å². The van der Waals surface area contributed by atoms with E-state index in [-0.39, 0.29) is 17.2 Å². The number of nitrogens with zero attached hydrogens (tertiary/aromatic N) is 3. The molecule has 3 rings (SSSR count). The van der Waals surface area contributed by atoms with Crippen LogP contribution < -0.4 is 4.74 Å². The fourth-order valence-electron chi connectivity index (χ4n) is 3.77. The maximum absolute atomic E-state index is 12.5. The van der Waals surface area contributed by atoms with Gasteiger partial charge in [0.05, 0.1) is 12.9 Å². The molecule has 2 aliphatic rings. The van der Waals surface area contributed by atoms with Gasteiger partial charge in [-0.25, -0.2) is 0 Å². The highest BCUT2D eigenvalue weighted by molar-refractivity contribution is 8.00. The Labute approximate surface area is 172 Å². The summed E-state index contributed by atoms with van der Waals surface area (Å²) >= 11 is 1.66. The average Bonchev–Trinajstić information content (AvgIpc) is 3.06. The van der Waals surface area contributed by atoms with Gasteiger partial charge in [-0.15, -0.1) is 11.8 Å². The summed E-state index contributed by atoms with van der Waals surface area (Å²) in [6.45, 7) is 9.01. The lowest BCUT2D eigenvalue weighted by Gasteiger charge is -2.36. The van der Waals surface area contributed by atoms with Crippen LogP contribution in [-0.2, 0) is 9.59 Å². The number of rotatable bonds is 7. The Bertz CT molecular complexity index is 689. The molecule has 2 heterocycles. The van der Waals surface area contributed by atoms with E-state index >= 15 is 0 Å². The fourth-order valence-corrected chi connectivity index (χ4v) is 5.02. The summed E-state index contributed by atoms with van der Waals surface area (Å²) in [5, 5.41) is 0.0116. The SMILES string of the molecule is COc1ccccc1C1SCC(=O)N1CCN1CCN(C(=O)CC(C)C)CC1. The molecular weight excluding hydrogens is 374 g/mol. The zero-order chi connectivity index (χ0) is 20.1. The van der Waals surface area contributed by atoms with Crippen LogP contribution in [0.4, 0.5) is 0 Å². The molecule has 0 radical (unpaired) electrons. The van der Waals surface area contributed by atoms with E-state index in [1.807, 2.05) is 34.1 Å². The lowest BCUT2D eigenvalue weighted by Crippen LogP contribution is -2.50. The van der Waals surface area contributed by atoms with Gasteiger partial charge in [-0.2, -0.15) is 0 Å². The van der Waals surface area contributed by atoms with E-state index < -0.39 is 0 Å².